The molecular weight excluding hydrogens is 222 g/mol. The molecule has 94 valence electrons. The molecule has 0 N–H and O–H groups in total. The topological polar surface area (TPSA) is 12.5 Å². The maximum Gasteiger partial charge on any atom is 0.119 e. The van der Waals surface area contributed by atoms with Crippen molar-refractivity contribution in [3.05, 3.63) is 60.2 Å². The van der Waals surface area contributed by atoms with Crippen molar-refractivity contribution in [2.75, 3.05) is 19.1 Å². The molecule has 0 amide bonds. The summed E-state index contributed by atoms with van der Waals surface area (Å²) in [6, 6.07) is 19.0. The number of benzene rings is 2. The second kappa shape index (κ2) is 5.58. The molecule has 0 radical (unpaired) electrons. The van der Waals surface area contributed by atoms with Gasteiger partial charge in [0.2, 0.25) is 0 Å². The lowest BCUT2D eigenvalue weighted by molar-refractivity contribution is 0.415. The smallest absolute Gasteiger partial charge is 0.119 e. The van der Waals surface area contributed by atoms with Gasteiger partial charge >= 0.3 is 0 Å². The van der Waals surface area contributed by atoms with Gasteiger partial charge in [0.1, 0.15) is 5.75 Å². The Morgan fingerprint density at radius 3 is 2.11 bits per heavy atom. The van der Waals surface area contributed by atoms with E-state index in [1.807, 2.05) is 18.2 Å². The molecule has 0 aliphatic heterocycles. The predicted molar refractivity (Wildman–Crippen MR) is 76.3 cm³/mol. The second-order valence-electron chi connectivity index (χ2n) is 4.40. The van der Waals surface area contributed by atoms with Crippen LogP contribution >= 0.6 is 0 Å². The lowest BCUT2D eigenvalue weighted by Gasteiger charge is -2.27. The van der Waals surface area contributed by atoms with Crippen LogP contribution in [-0.2, 0) is 0 Å². The van der Waals surface area contributed by atoms with Crippen molar-refractivity contribution in [1.82, 2.24) is 0 Å². The van der Waals surface area contributed by atoms with Crippen LogP contribution in [0, 0.1) is 0 Å². The van der Waals surface area contributed by atoms with Crippen LogP contribution in [0.25, 0.3) is 0 Å². The standard InChI is InChI=1S/C16H19NO/c1-13(14-7-5-4-6-8-14)17(2)15-9-11-16(18-3)12-10-15/h4-13H,1-3H3. The van der Waals surface area contributed by atoms with E-state index < -0.39 is 0 Å². The quantitative estimate of drug-likeness (QED) is 0.805. The van der Waals surface area contributed by atoms with E-state index in [9.17, 15) is 0 Å². The number of hydrogen-bond donors (Lipinski definition) is 0. The molecule has 0 fully saturated rings. The first-order valence-corrected chi connectivity index (χ1v) is 6.14. The Labute approximate surface area is 109 Å². The zero-order chi connectivity index (χ0) is 13.0. The second-order valence-corrected chi connectivity index (χ2v) is 4.40. The average molecular weight is 241 g/mol. The van der Waals surface area contributed by atoms with Crippen LogP contribution in [0.5, 0.6) is 5.75 Å². The van der Waals surface area contributed by atoms with Crippen LogP contribution in [0.15, 0.2) is 54.6 Å². The van der Waals surface area contributed by atoms with Gasteiger partial charge in [-0.05, 0) is 36.8 Å². The Morgan fingerprint density at radius 2 is 1.56 bits per heavy atom. The van der Waals surface area contributed by atoms with Crippen LogP contribution in [0.3, 0.4) is 0 Å². The summed E-state index contributed by atoms with van der Waals surface area (Å²) in [7, 11) is 3.80. The van der Waals surface area contributed by atoms with E-state index in [2.05, 4.69) is 55.3 Å². The summed E-state index contributed by atoms with van der Waals surface area (Å²) in [4.78, 5) is 2.26. The summed E-state index contributed by atoms with van der Waals surface area (Å²) in [6.45, 7) is 2.21. The summed E-state index contributed by atoms with van der Waals surface area (Å²) >= 11 is 0. The average Bonchev–Trinajstić information content (AvgIpc) is 2.47. The van der Waals surface area contributed by atoms with Crippen LogP contribution in [0.2, 0.25) is 0 Å². The summed E-state index contributed by atoms with van der Waals surface area (Å²) < 4.78 is 5.18. The molecule has 2 rings (SSSR count). The maximum absolute atomic E-state index is 5.18. The highest BCUT2D eigenvalue weighted by atomic mass is 16.5. The lowest BCUT2D eigenvalue weighted by Crippen LogP contribution is -2.21. The molecule has 0 heterocycles. The third-order valence-corrected chi connectivity index (χ3v) is 3.34. The first-order valence-electron chi connectivity index (χ1n) is 6.14. The molecule has 0 aliphatic rings. The molecule has 1 unspecified atom stereocenters. The third-order valence-electron chi connectivity index (χ3n) is 3.34. The summed E-state index contributed by atoms with van der Waals surface area (Å²) in [5.41, 5.74) is 2.50. The minimum absolute atomic E-state index is 0.347. The van der Waals surface area contributed by atoms with E-state index in [1.165, 1.54) is 11.3 Å². The number of methoxy groups -OCH3 is 1. The molecule has 0 aliphatic carbocycles. The third kappa shape index (κ3) is 2.65. The fraction of sp³-hybridized carbons (Fsp3) is 0.250. The van der Waals surface area contributed by atoms with Crippen molar-refractivity contribution in [2.45, 2.75) is 13.0 Å². The molecule has 2 nitrogen and oxygen atoms in total. The van der Waals surface area contributed by atoms with E-state index in [4.69, 9.17) is 4.74 Å². The van der Waals surface area contributed by atoms with Gasteiger partial charge in [-0.25, -0.2) is 0 Å². The molecule has 2 heteroatoms. The zero-order valence-electron chi connectivity index (χ0n) is 11.1. The van der Waals surface area contributed by atoms with Gasteiger partial charge in [0, 0.05) is 12.7 Å². The molecule has 0 saturated carbocycles. The van der Waals surface area contributed by atoms with Crippen LogP contribution in [-0.4, -0.2) is 14.2 Å². The van der Waals surface area contributed by atoms with E-state index >= 15 is 0 Å². The summed E-state index contributed by atoms with van der Waals surface area (Å²) in [5, 5.41) is 0. The molecule has 0 saturated heterocycles. The first kappa shape index (κ1) is 12.5. The minimum atomic E-state index is 0.347. The zero-order valence-corrected chi connectivity index (χ0v) is 11.1. The van der Waals surface area contributed by atoms with Crippen molar-refractivity contribution in [3.63, 3.8) is 0 Å². The van der Waals surface area contributed by atoms with Gasteiger partial charge in [0.05, 0.1) is 13.2 Å². The fourth-order valence-corrected chi connectivity index (χ4v) is 2.00. The number of rotatable bonds is 4. The fourth-order valence-electron chi connectivity index (χ4n) is 2.00. The van der Waals surface area contributed by atoms with Crippen molar-refractivity contribution < 1.29 is 4.74 Å². The van der Waals surface area contributed by atoms with Gasteiger partial charge in [0.25, 0.3) is 0 Å². The summed E-state index contributed by atoms with van der Waals surface area (Å²) in [6.07, 6.45) is 0. The number of ether oxygens (including phenoxy) is 1. The Balaban J connectivity index is 2.17. The SMILES string of the molecule is COc1ccc(N(C)C(C)c2ccccc2)cc1. The minimum Gasteiger partial charge on any atom is -0.497 e. The molecule has 0 spiro atoms. The van der Waals surface area contributed by atoms with Gasteiger partial charge in [-0.15, -0.1) is 0 Å². The molecule has 2 aromatic carbocycles. The Kier molecular flexibility index (Phi) is 3.88. The number of nitrogens with zero attached hydrogens (tertiary/aromatic N) is 1. The van der Waals surface area contributed by atoms with E-state index in [1.54, 1.807) is 7.11 Å². The normalized spacial score (nSPS) is 11.9. The van der Waals surface area contributed by atoms with Crippen LogP contribution < -0.4 is 9.64 Å². The highest BCUT2D eigenvalue weighted by Gasteiger charge is 2.11. The number of anilines is 1. The Hall–Kier alpha value is -1.96. The maximum atomic E-state index is 5.18. The van der Waals surface area contributed by atoms with Gasteiger partial charge in [-0.2, -0.15) is 0 Å². The Morgan fingerprint density at radius 1 is 0.944 bits per heavy atom. The van der Waals surface area contributed by atoms with E-state index in [0.29, 0.717) is 6.04 Å². The van der Waals surface area contributed by atoms with Gasteiger partial charge in [-0.1, -0.05) is 30.3 Å². The van der Waals surface area contributed by atoms with Crippen molar-refractivity contribution in [2.24, 2.45) is 0 Å². The molecule has 0 aromatic heterocycles. The van der Waals surface area contributed by atoms with Crippen molar-refractivity contribution in [3.8, 4) is 5.75 Å². The highest BCUT2D eigenvalue weighted by Crippen LogP contribution is 2.26. The molecule has 0 bridgehead atoms. The van der Waals surface area contributed by atoms with Gasteiger partial charge < -0.3 is 9.64 Å². The Bertz CT molecular complexity index is 478. The monoisotopic (exact) mass is 241 g/mol. The van der Waals surface area contributed by atoms with Crippen molar-refractivity contribution in [1.29, 1.82) is 0 Å². The van der Waals surface area contributed by atoms with E-state index in [0.717, 1.165) is 5.75 Å². The van der Waals surface area contributed by atoms with Crippen molar-refractivity contribution >= 4 is 5.69 Å². The predicted octanol–water partition coefficient (Wildman–Crippen LogP) is 3.89. The van der Waals surface area contributed by atoms with Crippen LogP contribution in [0.1, 0.15) is 18.5 Å². The van der Waals surface area contributed by atoms with Crippen LogP contribution in [0.4, 0.5) is 5.69 Å². The molecular formula is C16H19NO. The summed E-state index contributed by atoms with van der Waals surface area (Å²) in [5.74, 6) is 0.888. The molecule has 18 heavy (non-hydrogen) atoms. The lowest BCUT2D eigenvalue weighted by atomic mass is 10.1. The molecule has 1 atom stereocenters. The largest absolute Gasteiger partial charge is 0.497 e. The van der Waals surface area contributed by atoms with Gasteiger partial charge in [-0.3, -0.25) is 0 Å². The first-order chi connectivity index (χ1) is 8.72. The number of hydrogen-bond acceptors (Lipinski definition) is 2. The highest BCUT2D eigenvalue weighted by molar-refractivity contribution is 5.50. The van der Waals surface area contributed by atoms with Gasteiger partial charge in [0.15, 0.2) is 0 Å². The van der Waals surface area contributed by atoms with E-state index in [-0.39, 0.29) is 0 Å². The molecule has 2 aromatic rings.